The largest absolute Gasteiger partial charge is 0.363 e. The third-order valence-electron chi connectivity index (χ3n) is 2.07. The van der Waals surface area contributed by atoms with Gasteiger partial charge in [0.25, 0.3) is 0 Å². The number of aliphatic hydroxyl groups excluding tert-OH is 1. The number of pyridine rings is 2. The number of aliphatic hydroxyl groups is 1. The third-order valence-corrected chi connectivity index (χ3v) is 2.07. The Hall–Kier alpha value is -1.78. The molecule has 1 unspecified atom stereocenters. The topological polar surface area (TPSA) is 55.2 Å². The minimum absolute atomic E-state index is 0.311. The van der Waals surface area contributed by atoms with Crippen LogP contribution < -0.4 is 0 Å². The van der Waals surface area contributed by atoms with Crippen LogP contribution in [0.3, 0.4) is 0 Å². The molecule has 0 aliphatic rings. The van der Waals surface area contributed by atoms with E-state index in [4.69, 9.17) is 4.74 Å². The number of hydrogen-bond acceptors (Lipinski definition) is 4. The fourth-order valence-corrected chi connectivity index (χ4v) is 1.27. The summed E-state index contributed by atoms with van der Waals surface area (Å²) < 4.78 is 5.27. The Balaban J connectivity index is 1.92. The van der Waals surface area contributed by atoms with Crippen LogP contribution in [0.1, 0.15) is 17.5 Å². The molecule has 2 rings (SSSR count). The molecule has 1 atom stereocenters. The number of aromatic nitrogens is 2. The Morgan fingerprint density at radius 2 is 2.12 bits per heavy atom. The van der Waals surface area contributed by atoms with Crippen molar-refractivity contribution < 1.29 is 9.84 Å². The molecule has 0 saturated carbocycles. The second kappa shape index (κ2) is 5.34. The van der Waals surface area contributed by atoms with Crippen LogP contribution in [0.15, 0.2) is 48.9 Å². The van der Waals surface area contributed by atoms with E-state index in [1.807, 2.05) is 12.1 Å². The monoisotopic (exact) mass is 216 g/mol. The van der Waals surface area contributed by atoms with E-state index >= 15 is 0 Å². The second-order valence-electron chi connectivity index (χ2n) is 3.28. The highest BCUT2D eigenvalue weighted by molar-refractivity contribution is 5.08. The van der Waals surface area contributed by atoms with Crippen molar-refractivity contribution in [3.05, 3.63) is 60.2 Å². The van der Waals surface area contributed by atoms with Crippen molar-refractivity contribution in [2.45, 2.75) is 12.9 Å². The first-order valence-electron chi connectivity index (χ1n) is 4.96. The van der Waals surface area contributed by atoms with E-state index < -0.39 is 6.29 Å². The van der Waals surface area contributed by atoms with Crippen molar-refractivity contribution in [2.75, 3.05) is 0 Å². The van der Waals surface area contributed by atoms with E-state index in [0.29, 0.717) is 12.3 Å². The second-order valence-corrected chi connectivity index (χ2v) is 3.28. The molecule has 82 valence electrons. The molecule has 0 radical (unpaired) electrons. The maximum Gasteiger partial charge on any atom is 0.198 e. The molecule has 0 fully saturated rings. The molecule has 0 bridgehead atoms. The lowest BCUT2D eigenvalue weighted by Gasteiger charge is -2.10. The van der Waals surface area contributed by atoms with E-state index in [1.165, 1.54) is 0 Å². The highest BCUT2D eigenvalue weighted by atomic mass is 16.6. The van der Waals surface area contributed by atoms with Gasteiger partial charge in [0.05, 0.1) is 12.3 Å². The van der Waals surface area contributed by atoms with Gasteiger partial charge in [0.1, 0.15) is 0 Å². The quantitative estimate of drug-likeness (QED) is 0.790. The Kier molecular flexibility index (Phi) is 3.58. The molecular formula is C12H12N2O2. The molecule has 0 spiro atoms. The summed E-state index contributed by atoms with van der Waals surface area (Å²) in [6.45, 7) is 0.311. The first-order valence-corrected chi connectivity index (χ1v) is 4.96. The zero-order valence-electron chi connectivity index (χ0n) is 8.65. The molecule has 0 aliphatic carbocycles. The average Bonchev–Trinajstić information content (AvgIpc) is 2.38. The molecule has 0 amide bonds. The minimum atomic E-state index is -0.999. The highest BCUT2D eigenvalue weighted by Crippen LogP contribution is 2.12. The normalized spacial score (nSPS) is 12.3. The first-order chi connectivity index (χ1) is 7.86. The van der Waals surface area contributed by atoms with E-state index in [1.54, 1.807) is 36.8 Å². The predicted octanol–water partition coefficient (Wildman–Crippen LogP) is 1.68. The molecule has 16 heavy (non-hydrogen) atoms. The van der Waals surface area contributed by atoms with Crippen molar-refractivity contribution >= 4 is 0 Å². The summed E-state index contributed by atoms with van der Waals surface area (Å²) >= 11 is 0. The molecule has 0 saturated heterocycles. The van der Waals surface area contributed by atoms with Gasteiger partial charge in [-0.15, -0.1) is 0 Å². The summed E-state index contributed by atoms with van der Waals surface area (Å²) in [4.78, 5) is 7.96. The molecule has 0 aromatic carbocycles. The van der Waals surface area contributed by atoms with Gasteiger partial charge in [0.2, 0.25) is 0 Å². The van der Waals surface area contributed by atoms with E-state index in [2.05, 4.69) is 9.97 Å². The van der Waals surface area contributed by atoms with Crippen LogP contribution >= 0.6 is 0 Å². The van der Waals surface area contributed by atoms with Crippen LogP contribution in [-0.2, 0) is 11.3 Å². The zero-order valence-corrected chi connectivity index (χ0v) is 8.65. The Morgan fingerprint density at radius 3 is 2.81 bits per heavy atom. The summed E-state index contributed by atoms with van der Waals surface area (Å²) in [7, 11) is 0. The maximum atomic E-state index is 9.68. The van der Waals surface area contributed by atoms with Crippen LogP contribution in [0.2, 0.25) is 0 Å². The number of hydrogen-bond donors (Lipinski definition) is 1. The van der Waals surface area contributed by atoms with Crippen LogP contribution in [0.5, 0.6) is 0 Å². The fraction of sp³-hybridized carbons (Fsp3) is 0.167. The van der Waals surface area contributed by atoms with Crippen molar-refractivity contribution in [2.24, 2.45) is 0 Å². The lowest BCUT2D eigenvalue weighted by Crippen LogP contribution is -2.05. The van der Waals surface area contributed by atoms with Gasteiger partial charge in [-0.3, -0.25) is 9.97 Å². The van der Waals surface area contributed by atoms with Gasteiger partial charge in [-0.2, -0.15) is 0 Å². The van der Waals surface area contributed by atoms with Gasteiger partial charge in [-0.05, 0) is 23.8 Å². The zero-order chi connectivity index (χ0) is 11.2. The van der Waals surface area contributed by atoms with Gasteiger partial charge < -0.3 is 9.84 Å². The number of nitrogens with zero attached hydrogens (tertiary/aromatic N) is 2. The smallest absolute Gasteiger partial charge is 0.198 e. The lowest BCUT2D eigenvalue weighted by molar-refractivity contribution is -0.114. The van der Waals surface area contributed by atoms with Crippen LogP contribution in [0.4, 0.5) is 0 Å². The third kappa shape index (κ3) is 2.85. The van der Waals surface area contributed by atoms with Crippen molar-refractivity contribution in [1.82, 2.24) is 9.97 Å². The summed E-state index contributed by atoms with van der Waals surface area (Å²) in [5, 5.41) is 9.68. The standard InChI is InChI=1S/C12H12N2O2/c15-12(11-5-1-2-7-14-11)16-9-10-4-3-6-13-8-10/h1-8,12,15H,9H2. The molecule has 1 N–H and O–H groups in total. The summed E-state index contributed by atoms with van der Waals surface area (Å²) in [5.74, 6) is 0. The molecule has 4 nitrogen and oxygen atoms in total. The SMILES string of the molecule is OC(OCc1cccnc1)c1ccccn1. The summed E-state index contributed by atoms with van der Waals surface area (Å²) in [6.07, 6.45) is 4.01. The van der Waals surface area contributed by atoms with Gasteiger partial charge in [0.15, 0.2) is 6.29 Å². The van der Waals surface area contributed by atoms with Crippen molar-refractivity contribution in [3.8, 4) is 0 Å². The molecular weight excluding hydrogens is 204 g/mol. The van der Waals surface area contributed by atoms with E-state index in [0.717, 1.165) is 5.56 Å². The maximum absolute atomic E-state index is 9.68. The Bertz CT molecular complexity index is 420. The molecule has 2 heterocycles. The molecule has 0 aliphatic heterocycles. The van der Waals surface area contributed by atoms with Gasteiger partial charge in [0, 0.05) is 18.6 Å². The molecule has 2 aromatic heterocycles. The summed E-state index contributed by atoms with van der Waals surface area (Å²) in [5.41, 5.74) is 1.42. The predicted molar refractivity (Wildman–Crippen MR) is 58.2 cm³/mol. The fourth-order valence-electron chi connectivity index (χ4n) is 1.27. The van der Waals surface area contributed by atoms with Crippen LogP contribution in [0.25, 0.3) is 0 Å². The average molecular weight is 216 g/mol. The summed E-state index contributed by atoms with van der Waals surface area (Å²) in [6, 6.07) is 9.02. The van der Waals surface area contributed by atoms with Gasteiger partial charge in [-0.25, -0.2) is 0 Å². The lowest BCUT2D eigenvalue weighted by atomic mass is 10.3. The van der Waals surface area contributed by atoms with Crippen LogP contribution in [0, 0.1) is 0 Å². The Morgan fingerprint density at radius 1 is 1.19 bits per heavy atom. The molecule has 2 aromatic rings. The van der Waals surface area contributed by atoms with Crippen LogP contribution in [-0.4, -0.2) is 15.1 Å². The Labute approximate surface area is 93.6 Å². The van der Waals surface area contributed by atoms with E-state index in [-0.39, 0.29) is 0 Å². The molecule has 4 heteroatoms. The minimum Gasteiger partial charge on any atom is -0.363 e. The van der Waals surface area contributed by atoms with Gasteiger partial charge in [-0.1, -0.05) is 12.1 Å². The van der Waals surface area contributed by atoms with E-state index in [9.17, 15) is 5.11 Å². The number of rotatable bonds is 4. The van der Waals surface area contributed by atoms with Gasteiger partial charge >= 0.3 is 0 Å². The first kappa shape index (κ1) is 10.7. The highest BCUT2D eigenvalue weighted by Gasteiger charge is 2.08. The van der Waals surface area contributed by atoms with Crippen molar-refractivity contribution in [3.63, 3.8) is 0 Å². The van der Waals surface area contributed by atoms with Crippen molar-refractivity contribution in [1.29, 1.82) is 0 Å². The number of ether oxygens (including phenoxy) is 1.